The predicted molar refractivity (Wildman–Crippen MR) is 76.4 cm³/mol. The Bertz CT molecular complexity index is 444. The number of thiophene rings is 1. The van der Waals surface area contributed by atoms with Crippen molar-refractivity contribution in [2.24, 2.45) is 0 Å². The van der Waals surface area contributed by atoms with E-state index in [4.69, 9.17) is 0 Å². The van der Waals surface area contributed by atoms with Crippen LogP contribution in [0.1, 0.15) is 40.4 Å². The Hall–Kier alpha value is -0.810. The molecule has 1 aliphatic rings. The Balaban J connectivity index is 2.05. The molecule has 0 radical (unpaired) electrons. The minimum absolute atomic E-state index is 0.0697. The number of rotatable bonds is 4. The number of carbonyl (C=O) groups excluding carboxylic acids is 2. The highest BCUT2D eigenvalue weighted by atomic mass is 32.2. The summed E-state index contributed by atoms with van der Waals surface area (Å²) in [7, 11) is 0. The molecule has 0 aliphatic carbocycles. The summed E-state index contributed by atoms with van der Waals surface area (Å²) in [5, 5.41) is 2.77. The van der Waals surface area contributed by atoms with E-state index in [2.05, 4.69) is 5.32 Å². The molecule has 5 heteroatoms. The molecule has 0 aromatic carbocycles. The van der Waals surface area contributed by atoms with Gasteiger partial charge in [-0.3, -0.25) is 9.59 Å². The van der Waals surface area contributed by atoms with Gasteiger partial charge in [0.25, 0.3) is 5.91 Å². The number of aryl methyl sites for hydroxylation is 1. The number of hydrogen-bond acceptors (Lipinski definition) is 4. The highest BCUT2D eigenvalue weighted by Gasteiger charge is 2.20. The number of Topliss-reactive ketones (excluding diaryl/α,β-unsaturated/α-hetero) is 1. The van der Waals surface area contributed by atoms with Crippen LogP contribution in [0.25, 0.3) is 0 Å². The molecular formula is C13H17NO2S2. The van der Waals surface area contributed by atoms with Crippen molar-refractivity contribution in [1.29, 1.82) is 0 Å². The molecule has 1 unspecified atom stereocenters. The average molecular weight is 283 g/mol. The van der Waals surface area contributed by atoms with E-state index in [0.717, 1.165) is 22.8 Å². The van der Waals surface area contributed by atoms with Crippen LogP contribution in [0.15, 0.2) is 6.07 Å². The zero-order valence-corrected chi connectivity index (χ0v) is 12.2. The van der Waals surface area contributed by atoms with E-state index in [1.54, 1.807) is 18.3 Å². The zero-order chi connectivity index (χ0) is 13.1. The molecule has 2 rings (SSSR count). The Morgan fingerprint density at radius 1 is 1.50 bits per heavy atom. The van der Waals surface area contributed by atoms with Gasteiger partial charge in [0.15, 0.2) is 5.78 Å². The molecule has 18 heavy (non-hydrogen) atoms. The number of fused-ring (bicyclic) bond motifs is 1. The van der Waals surface area contributed by atoms with E-state index in [-0.39, 0.29) is 11.7 Å². The molecule has 0 saturated carbocycles. The van der Waals surface area contributed by atoms with Crippen LogP contribution in [-0.4, -0.2) is 23.5 Å². The van der Waals surface area contributed by atoms with Crippen molar-refractivity contribution in [2.75, 3.05) is 5.75 Å². The fraction of sp³-hybridized carbons (Fsp3) is 0.538. The first-order valence-electron chi connectivity index (χ1n) is 6.14. The van der Waals surface area contributed by atoms with Crippen molar-refractivity contribution in [3.05, 3.63) is 21.4 Å². The van der Waals surface area contributed by atoms with Gasteiger partial charge in [-0.15, -0.1) is 11.3 Å². The lowest BCUT2D eigenvalue weighted by Crippen LogP contribution is -2.37. The normalized spacial score (nSPS) is 15.9. The van der Waals surface area contributed by atoms with Crippen LogP contribution in [0.3, 0.4) is 0 Å². The second-order valence-electron chi connectivity index (χ2n) is 4.38. The second-order valence-corrected chi connectivity index (χ2v) is 6.62. The highest BCUT2D eigenvalue weighted by Crippen LogP contribution is 2.31. The third-order valence-corrected chi connectivity index (χ3v) is 5.27. The summed E-state index contributed by atoms with van der Waals surface area (Å²) in [5.41, 5.74) is 1.29. The van der Waals surface area contributed by atoms with Crippen LogP contribution < -0.4 is 5.32 Å². The van der Waals surface area contributed by atoms with E-state index >= 15 is 0 Å². The van der Waals surface area contributed by atoms with Crippen LogP contribution in [0.4, 0.5) is 0 Å². The van der Waals surface area contributed by atoms with Crippen LogP contribution in [-0.2, 0) is 17.0 Å². The van der Waals surface area contributed by atoms with Crippen molar-refractivity contribution >= 4 is 34.8 Å². The average Bonchev–Trinajstić information content (AvgIpc) is 2.81. The van der Waals surface area contributed by atoms with Crippen molar-refractivity contribution in [2.45, 2.75) is 38.5 Å². The summed E-state index contributed by atoms with van der Waals surface area (Å²) in [5.74, 6) is 2.09. The zero-order valence-electron chi connectivity index (χ0n) is 10.6. The largest absolute Gasteiger partial charge is 0.342 e. The molecule has 98 valence electrons. The Labute approximate surface area is 115 Å². The number of nitrogens with one attached hydrogen (secondary N) is 1. The van der Waals surface area contributed by atoms with E-state index in [1.165, 1.54) is 10.4 Å². The minimum Gasteiger partial charge on any atom is -0.342 e. The number of hydrogen-bond donors (Lipinski definition) is 1. The van der Waals surface area contributed by atoms with Crippen molar-refractivity contribution in [3.8, 4) is 0 Å². The van der Waals surface area contributed by atoms with Gasteiger partial charge in [-0.2, -0.15) is 11.8 Å². The van der Waals surface area contributed by atoms with Crippen LogP contribution in [0, 0.1) is 0 Å². The number of thioether (sulfide) groups is 1. The van der Waals surface area contributed by atoms with E-state index in [9.17, 15) is 9.59 Å². The Morgan fingerprint density at radius 2 is 2.28 bits per heavy atom. The third-order valence-electron chi connectivity index (χ3n) is 3.03. The first-order valence-corrected chi connectivity index (χ1v) is 8.11. The molecule has 3 nitrogen and oxygen atoms in total. The highest BCUT2D eigenvalue weighted by molar-refractivity contribution is 7.98. The maximum atomic E-state index is 12.0. The lowest BCUT2D eigenvalue weighted by atomic mass is 10.1. The monoisotopic (exact) mass is 283 g/mol. The molecule has 0 saturated heterocycles. The summed E-state index contributed by atoms with van der Waals surface area (Å²) in [6.45, 7) is 3.55. The van der Waals surface area contributed by atoms with Gasteiger partial charge < -0.3 is 5.32 Å². The third kappa shape index (κ3) is 2.95. The maximum absolute atomic E-state index is 12.0. The van der Waals surface area contributed by atoms with E-state index < -0.39 is 6.04 Å². The van der Waals surface area contributed by atoms with Crippen LogP contribution >= 0.6 is 23.1 Å². The Kier molecular flexibility index (Phi) is 4.45. The number of ketones is 1. The smallest absolute Gasteiger partial charge is 0.261 e. The molecule has 0 spiro atoms. The Morgan fingerprint density at radius 3 is 2.94 bits per heavy atom. The van der Waals surface area contributed by atoms with Gasteiger partial charge in [0.05, 0.1) is 10.9 Å². The molecule has 1 aromatic rings. The first-order chi connectivity index (χ1) is 8.61. The lowest BCUT2D eigenvalue weighted by Gasteiger charge is -2.10. The molecule has 1 N–H and O–H groups in total. The summed E-state index contributed by atoms with van der Waals surface area (Å²) in [4.78, 5) is 25.6. The topological polar surface area (TPSA) is 46.2 Å². The maximum Gasteiger partial charge on any atom is 0.261 e. The van der Waals surface area contributed by atoms with Gasteiger partial charge in [-0.25, -0.2) is 0 Å². The first kappa shape index (κ1) is 13.6. The summed E-state index contributed by atoms with van der Waals surface area (Å²) in [6, 6.07) is 1.58. The molecule has 1 aliphatic heterocycles. The van der Waals surface area contributed by atoms with Crippen LogP contribution in [0.2, 0.25) is 0 Å². The predicted octanol–water partition coefficient (Wildman–Crippen LogP) is 2.63. The number of carbonyl (C=O) groups is 2. The van der Waals surface area contributed by atoms with Crippen molar-refractivity contribution in [1.82, 2.24) is 5.32 Å². The van der Waals surface area contributed by atoms with Crippen LogP contribution in [0.5, 0.6) is 0 Å². The van der Waals surface area contributed by atoms with Gasteiger partial charge in [-0.1, -0.05) is 6.92 Å². The fourth-order valence-corrected chi connectivity index (χ4v) is 4.19. The molecule has 1 amide bonds. The van der Waals surface area contributed by atoms with Gasteiger partial charge in [0.1, 0.15) is 0 Å². The van der Waals surface area contributed by atoms with Crippen molar-refractivity contribution < 1.29 is 9.59 Å². The van der Waals surface area contributed by atoms with E-state index in [1.807, 2.05) is 24.8 Å². The molecule has 1 aromatic heterocycles. The van der Waals surface area contributed by atoms with Gasteiger partial charge in [0, 0.05) is 17.1 Å². The molecule has 2 heterocycles. The number of amides is 1. The van der Waals surface area contributed by atoms with Gasteiger partial charge in [-0.05, 0) is 30.7 Å². The summed E-state index contributed by atoms with van der Waals surface area (Å²) >= 11 is 3.47. The molecule has 1 atom stereocenters. The SMILES string of the molecule is CCC(=O)C(C)NC(=O)c1cc2c(s1)CCSC2. The standard InChI is InChI=1S/C13H17NO2S2/c1-3-10(15)8(2)14-13(16)12-6-9-7-17-5-4-11(9)18-12/h6,8H,3-5,7H2,1-2H3,(H,14,16). The summed E-state index contributed by atoms with van der Waals surface area (Å²) < 4.78 is 0. The fourth-order valence-electron chi connectivity index (χ4n) is 1.91. The summed E-state index contributed by atoms with van der Waals surface area (Å²) in [6.07, 6.45) is 1.51. The van der Waals surface area contributed by atoms with Gasteiger partial charge >= 0.3 is 0 Å². The molecular weight excluding hydrogens is 266 g/mol. The van der Waals surface area contributed by atoms with E-state index in [0.29, 0.717) is 6.42 Å². The molecule has 0 fully saturated rings. The van der Waals surface area contributed by atoms with Gasteiger partial charge in [0.2, 0.25) is 0 Å². The minimum atomic E-state index is -0.393. The molecule has 0 bridgehead atoms. The van der Waals surface area contributed by atoms with Crippen molar-refractivity contribution in [3.63, 3.8) is 0 Å². The lowest BCUT2D eigenvalue weighted by molar-refractivity contribution is -0.120. The quantitative estimate of drug-likeness (QED) is 0.924. The second kappa shape index (κ2) is 5.89.